The molecule has 8 rings (SSSR count). The SMILES string of the molecule is C=CC1=C(/C=C\C)c2cc(N(c3ccc4oc5ccccc5c4c3)c3cc4ccc5ccccc5n4n3)ccc2C1(C)C. The number of nitrogens with zero attached hydrogens (tertiary/aromatic N) is 3. The molecule has 0 saturated heterocycles. The number of para-hydroxylation sites is 2. The number of anilines is 3. The molecule has 0 aliphatic heterocycles. The van der Waals surface area contributed by atoms with Crippen molar-refractivity contribution in [3.8, 4) is 0 Å². The van der Waals surface area contributed by atoms with Crippen LogP contribution in [0.15, 0.2) is 138 Å². The first-order chi connectivity index (χ1) is 21.0. The largest absolute Gasteiger partial charge is 0.456 e. The van der Waals surface area contributed by atoms with Gasteiger partial charge >= 0.3 is 0 Å². The molecule has 4 nitrogen and oxygen atoms in total. The van der Waals surface area contributed by atoms with Crippen LogP contribution in [0.1, 0.15) is 31.9 Å². The summed E-state index contributed by atoms with van der Waals surface area (Å²) in [5.41, 5.74) is 10.8. The maximum absolute atomic E-state index is 6.18. The Balaban J connectivity index is 1.39. The Kier molecular flexibility index (Phi) is 5.51. The molecule has 0 amide bonds. The van der Waals surface area contributed by atoms with Crippen molar-refractivity contribution in [3.05, 3.63) is 145 Å². The van der Waals surface area contributed by atoms with Gasteiger partial charge in [0, 0.05) is 39.0 Å². The van der Waals surface area contributed by atoms with E-state index in [4.69, 9.17) is 9.52 Å². The highest BCUT2D eigenvalue weighted by Gasteiger charge is 2.36. The molecule has 43 heavy (non-hydrogen) atoms. The lowest BCUT2D eigenvalue weighted by molar-refractivity contribution is 0.654. The lowest BCUT2D eigenvalue weighted by Crippen LogP contribution is -2.16. The van der Waals surface area contributed by atoms with E-state index in [-0.39, 0.29) is 5.41 Å². The second-order valence-electron chi connectivity index (χ2n) is 11.7. The van der Waals surface area contributed by atoms with Gasteiger partial charge in [-0.25, -0.2) is 4.52 Å². The molecular weight excluding hydrogens is 526 g/mol. The zero-order valence-electron chi connectivity index (χ0n) is 24.5. The number of hydrogen-bond donors (Lipinski definition) is 0. The van der Waals surface area contributed by atoms with E-state index in [0.29, 0.717) is 0 Å². The van der Waals surface area contributed by atoms with Crippen molar-refractivity contribution < 1.29 is 4.42 Å². The van der Waals surface area contributed by atoms with Crippen LogP contribution in [0.25, 0.3) is 43.9 Å². The fourth-order valence-electron chi connectivity index (χ4n) is 6.84. The van der Waals surface area contributed by atoms with Gasteiger partial charge in [-0.15, -0.1) is 5.10 Å². The lowest BCUT2D eigenvalue weighted by Gasteiger charge is -2.26. The van der Waals surface area contributed by atoms with Crippen LogP contribution >= 0.6 is 0 Å². The molecule has 3 aromatic heterocycles. The molecule has 0 radical (unpaired) electrons. The van der Waals surface area contributed by atoms with Crippen LogP contribution < -0.4 is 4.90 Å². The van der Waals surface area contributed by atoms with Crippen LogP contribution in [0.3, 0.4) is 0 Å². The van der Waals surface area contributed by atoms with Gasteiger partial charge in [0.05, 0.1) is 11.0 Å². The van der Waals surface area contributed by atoms with Gasteiger partial charge in [0.1, 0.15) is 11.2 Å². The van der Waals surface area contributed by atoms with E-state index in [2.05, 4.69) is 135 Å². The number of hydrogen-bond acceptors (Lipinski definition) is 3. The first-order valence-corrected chi connectivity index (χ1v) is 14.7. The standard InChI is InChI=1S/C39H31N3O/c1-5-11-29-31-22-26(18-20-34(31)39(3,4)33(29)6-2)41(27-19-21-37-32(23-27)30-13-8-10-15-36(30)43-37)38-24-28-17-16-25-12-7-9-14-35(25)42(28)40-38/h5-24H,2H2,1,3-4H3/b11-5-. The Morgan fingerprint density at radius 3 is 2.44 bits per heavy atom. The molecule has 1 aliphatic rings. The Hall–Kier alpha value is -5.35. The Morgan fingerprint density at radius 1 is 0.814 bits per heavy atom. The third kappa shape index (κ3) is 3.73. The van der Waals surface area contributed by atoms with E-state index >= 15 is 0 Å². The van der Waals surface area contributed by atoms with Gasteiger partial charge in [-0.05, 0) is 77.7 Å². The summed E-state index contributed by atoms with van der Waals surface area (Å²) in [5.74, 6) is 0.848. The van der Waals surface area contributed by atoms with E-state index < -0.39 is 0 Å². The van der Waals surface area contributed by atoms with Crippen LogP contribution in [0, 0.1) is 0 Å². The molecule has 7 aromatic rings. The second kappa shape index (κ2) is 9.33. The third-order valence-corrected chi connectivity index (χ3v) is 8.90. The molecule has 0 bridgehead atoms. The van der Waals surface area contributed by atoms with Crippen molar-refractivity contribution in [3.63, 3.8) is 0 Å². The summed E-state index contributed by atoms with van der Waals surface area (Å²) in [7, 11) is 0. The topological polar surface area (TPSA) is 33.7 Å². The Labute approximate surface area is 250 Å². The first-order valence-electron chi connectivity index (χ1n) is 14.7. The summed E-state index contributed by atoms with van der Waals surface area (Å²) in [5, 5.41) is 8.55. The average molecular weight is 558 g/mol. The summed E-state index contributed by atoms with van der Waals surface area (Å²) >= 11 is 0. The molecule has 0 fully saturated rings. The van der Waals surface area contributed by atoms with Crippen molar-refractivity contribution in [2.45, 2.75) is 26.2 Å². The molecule has 0 saturated carbocycles. The molecule has 0 spiro atoms. The van der Waals surface area contributed by atoms with E-state index in [0.717, 1.165) is 55.6 Å². The number of fused-ring (bicyclic) bond motifs is 7. The van der Waals surface area contributed by atoms with Gasteiger partial charge in [-0.2, -0.15) is 0 Å². The molecule has 4 aromatic carbocycles. The summed E-state index contributed by atoms with van der Waals surface area (Å²) in [6.07, 6.45) is 6.33. The zero-order valence-corrected chi connectivity index (χ0v) is 24.5. The highest BCUT2D eigenvalue weighted by Crippen LogP contribution is 2.49. The van der Waals surface area contributed by atoms with Gasteiger partial charge in [0.15, 0.2) is 5.82 Å². The van der Waals surface area contributed by atoms with E-state index in [1.54, 1.807) is 0 Å². The highest BCUT2D eigenvalue weighted by atomic mass is 16.3. The lowest BCUT2D eigenvalue weighted by atomic mass is 9.81. The quantitative estimate of drug-likeness (QED) is 0.211. The van der Waals surface area contributed by atoms with Crippen LogP contribution in [-0.2, 0) is 5.41 Å². The molecule has 208 valence electrons. The summed E-state index contributed by atoms with van der Waals surface area (Å²) in [4.78, 5) is 2.26. The van der Waals surface area contributed by atoms with Gasteiger partial charge in [0.25, 0.3) is 0 Å². The monoisotopic (exact) mass is 557 g/mol. The van der Waals surface area contributed by atoms with Gasteiger partial charge in [-0.3, -0.25) is 4.90 Å². The normalized spacial score (nSPS) is 14.5. The van der Waals surface area contributed by atoms with Gasteiger partial charge < -0.3 is 4.42 Å². The van der Waals surface area contributed by atoms with E-state index in [9.17, 15) is 0 Å². The predicted molar refractivity (Wildman–Crippen MR) is 180 cm³/mol. The van der Waals surface area contributed by atoms with Crippen molar-refractivity contribution >= 4 is 61.1 Å². The molecule has 0 N–H and O–H groups in total. The van der Waals surface area contributed by atoms with E-state index in [1.807, 2.05) is 22.7 Å². The fourth-order valence-corrected chi connectivity index (χ4v) is 6.84. The van der Waals surface area contributed by atoms with Crippen LogP contribution in [0.2, 0.25) is 0 Å². The number of benzene rings is 4. The summed E-state index contributed by atoms with van der Waals surface area (Å²) in [6.45, 7) is 10.8. The predicted octanol–water partition coefficient (Wildman–Crippen LogP) is 10.7. The first kappa shape index (κ1) is 25.4. The fraction of sp³-hybridized carbons (Fsp3) is 0.103. The molecule has 3 heterocycles. The summed E-state index contributed by atoms with van der Waals surface area (Å²) < 4.78 is 8.22. The van der Waals surface area contributed by atoms with Gasteiger partial charge in [0.2, 0.25) is 0 Å². The van der Waals surface area contributed by atoms with Crippen molar-refractivity contribution in [2.24, 2.45) is 0 Å². The number of aromatic nitrogens is 2. The number of allylic oxidation sites excluding steroid dienone is 5. The molecule has 4 heteroatoms. The highest BCUT2D eigenvalue weighted by molar-refractivity contribution is 6.06. The average Bonchev–Trinajstić information content (AvgIpc) is 3.68. The van der Waals surface area contributed by atoms with Crippen molar-refractivity contribution in [1.82, 2.24) is 9.61 Å². The summed E-state index contributed by atoms with van der Waals surface area (Å²) in [6, 6.07) is 36.3. The van der Waals surface area contributed by atoms with Crippen molar-refractivity contribution in [1.29, 1.82) is 0 Å². The number of pyridine rings is 1. The smallest absolute Gasteiger partial charge is 0.160 e. The van der Waals surface area contributed by atoms with Gasteiger partial charge in [-0.1, -0.05) is 87.2 Å². The molecule has 0 unspecified atom stereocenters. The zero-order chi connectivity index (χ0) is 29.3. The van der Waals surface area contributed by atoms with Crippen LogP contribution in [0.4, 0.5) is 17.2 Å². The number of rotatable bonds is 5. The third-order valence-electron chi connectivity index (χ3n) is 8.90. The van der Waals surface area contributed by atoms with Crippen LogP contribution in [0.5, 0.6) is 0 Å². The second-order valence-corrected chi connectivity index (χ2v) is 11.7. The number of furan rings is 1. The van der Waals surface area contributed by atoms with Crippen LogP contribution in [-0.4, -0.2) is 9.61 Å². The minimum absolute atomic E-state index is 0.133. The minimum atomic E-state index is -0.133. The van der Waals surface area contributed by atoms with E-state index in [1.165, 1.54) is 22.3 Å². The maximum atomic E-state index is 6.18. The molecule has 1 aliphatic carbocycles. The van der Waals surface area contributed by atoms with Crippen molar-refractivity contribution in [2.75, 3.05) is 4.90 Å². The minimum Gasteiger partial charge on any atom is -0.456 e. The Bertz CT molecular complexity index is 2300. The molecule has 0 atom stereocenters. The molecular formula is C39H31N3O. The maximum Gasteiger partial charge on any atom is 0.160 e. The Morgan fingerprint density at radius 2 is 1.58 bits per heavy atom.